The van der Waals surface area contributed by atoms with Crippen molar-refractivity contribution in [2.24, 2.45) is 0 Å². The molecule has 2 atom stereocenters. The van der Waals surface area contributed by atoms with Crippen molar-refractivity contribution in [1.82, 2.24) is 20.5 Å². The lowest BCUT2D eigenvalue weighted by atomic mass is 10.0. The quantitative estimate of drug-likeness (QED) is 0.308. The number of likely N-dealkylation sites (tertiary alicyclic amines) is 1. The molecule has 7 rings (SSSR count). The predicted octanol–water partition coefficient (Wildman–Crippen LogP) is 4.47. The summed E-state index contributed by atoms with van der Waals surface area (Å²) >= 11 is 1.45. The van der Waals surface area contributed by atoms with Gasteiger partial charge in [-0.15, -0.1) is 11.3 Å². The van der Waals surface area contributed by atoms with E-state index in [4.69, 9.17) is 13.9 Å². The van der Waals surface area contributed by atoms with Crippen LogP contribution in [0.4, 0.5) is 8.78 Å². The van der Waals surface area contributed by atoms with Crippen LogP contribution in [-0.4, -0.2) is 65.7 Å². The van der Waals surface area contributed by atoms with Gasteiger partial charge in [0, 0.05) is 38.9 Å². The molecule has 0 bridgehead atoms. The van der Waals surface area contributed by atoms with Gasteiger partial charge in [-0.3, -0.25) is 14.4 Å². The number of nitrogens with zero attached hydrogens (tertiary/aromatic N) is 2. The van der Waals surface area contributed by atoms with E-state index in [-0.39, 0.29) is 47.2 Å². The van der Waals surface area contributed by atoms with E-state index in [1.165, 1.54) is 46.8 Å². The molecule has 4 heterocycles. The Labute approximate surface area is 260 Å². The zero-order valence-electron chi connectivity index (χ0n) is 24.0. The number of carbonyl (C=O) groups is 3. The molecule has 4 aromatic rings. The second-order valence-electron chi connectivity index (χ2n) is 11.2. The molecule has 10 nitrogen and oxygen atoms in total. The van der Waals surface area contributed by atoms with Crippen LogP contribution in [0.2, 0.25) is 0 Å². The van der Waals surface area contributed by atoms with Crippen LogP contribution in [0.1, 0.15) is 45.7 Å². The van der Waals surface area contributed by atoms with Gasteiger partial charge in [-0.25, -0.2) is 4.98 Å². The third-order valence-corrected chi connectivity index (χ3v) is 9.50. The van der Waals surface area contributed by atoms with Gasteiger partial charge in [-0.1, -0.05) is 30.3 Å². The van der Waals surface area contributed by atoms with Crippen LogP contribution in [-0.2, 0) is 25.0 Å². The van der Waals surface area contributed by atoms with Gasteiger partial charge in [0.05, 0.1) is 38.5 Å². The van der Waals surface area contributed by atoms with E-state index in [2.05, 4.69) is 15.6 Å². The number of ether oxygens (including phenoxy) is 2. The molecule has 2 fully saturated rings. The molecular formula is C32H28F2N4O6S. The van der Waals surface area contributed by atoms with E-state index in [1.807, 2.05) is 18.4 Å². The molecule has 13 heteroatoms. The van der Waals surface area contributed by atoms with Crippen molar-refractivity contribution in [2.45, 2.75) is 37.1 Å². The molecule has 45 heavy (non-hydrogen) atoms. The maximum absolute atomic E-state index is 14.9. The molecule has 1 aliphatic carbocycles. The Hall–Kier alpha value is -4.46. The van der Waals surface area contributed by atoms with Crippen LogP contribution >= 0.6 is 11.3 Å². The molecule has 2 N–H and O–H groups in total. The fourth-order valence-corrected chi connectivity index (χ4v) is 7.05. The highest BCUT2D eigenvalue weighted by molar-refractivity contribution is 7.10. The van der Waals surface area contributed by atoms with Crippen LogP contribution in [0, 0.1) is 0 Å². The predicted molar refractivity (Wildman–Crippen MR) is 158 cm³/mol. The second kappa shape index (κ2) is 11.2. The molecule has 3 aliphatic rings. The van der Waals surface area contributed by atoms with E-state index in [9.17, 15) is 23.2 Å². The first kappa shape index (κ1) is 29.3. The van der Waals surface area contributed by atoms with E-state index in [0.717, 1.165) is 10.4 Å². The molecule has 2 saturated heterocycles. The summed E-state index contributed by atoms with van der Waals surface area (Å²) in [6.45, 7) is 2.12. The Bertz CT molecular complexity index is 1790. The van der Waals surface area contributed by atoms with Crippen LogP contribution in [0.5, 0.6) is 0 Å². The van der Waals surface area contributed by atoms with Crippen molar-refractivity contribution in [3.63, 3.8) is 0 Å². The third kappa shape index (κ3) is 5.20. The minimum Gasteiger partial charge on any atom is -0.445 e. The number of alkyl halides is 2. The van der Waals surface area contributed by atoms with Crippen LogP contribution in [0.25, 0.3) is 22.6 Å². The number of hydrogen-bond donors (Lipinski definition) is 2. The maximum Gasteiger partial charge on any atom is 0.299 e. The molecule has 232 valence electrons. The monoisotopic (exact) mass is 634 g/mol. The summed E-state index contributed by atoms with van der Waals surface area (Å²) in [5.41, 5.74) is 1.28. The minimum atomic E-state index is -3.16. The van der Waals surface area contributed by atoms with Gasteiger partial charge in [0.15, 0.2) is 5.79 Å². The molecule has 2 aromatic heterocycles. The molecule has 0 radical (unpaired) electrons. The number of fused-ring (bicyclic) bond motifs is 3. The number of nitrogens with one attached hydrogen (secondary N) is 2. The number of carbonyl (C=O) groups excluding carboxylic acids is 3. The molecule has 1 unspecified atom stereocenters. The van der Waals surface area contributed by atoms with Crippen molar-refractivity contribution in [2.75, 3.05) is 26.3 Å². The number of benzene rings is 2. The fourth-order valence-electron chi connectivity index (χ4n) is 6.16. The normalized spacial score (nSPS) is 19.7. The fraction of sp³-hybridized carbons (Fsp3) is 0.312. The van der Waals surface area contributed by atoms with Gasteiger partial charge in [-0.05, 0) is 36.2 Å². The van der Waals surface area contributed by atoms with E-state index in [1.54, 1.807) is 24.4 Å². The first-order valence-electron chi connectivity index (χ1n) is 14.4. The van der Waals surface area contributed by atoms with Crippen LogP contribution in [0.3, 0.4) is 0 Å². The standard InChI is InChI=1S/C32H28F2N4O6S/c1-18(26-13-20(16-45-26)30-35-8-9-42-30)37-29(41)25-14-31(43-10-11-44-31)17-38(25)27(39)15-36-28(40)19-6-7-24-22(12-19)21-4-2-3-5-23(21)32(24,33)34/h2-9,12-13,16,18,25H,10-11,14-15,17H2,1H3,(H,36,40)(H,37,41)/t18-,25?/m1/s1. The van der Waals surface area contributed by atoms with Crippen molar-refractivity contribution in [3.05, 3.63) is 87.9 Å². The van der Waals surface area contributed by atoms with Crippen LogP contribution in [0.15, 0.2) is 70.8 Å². The minimum absolute atomic E-state index is 0.0200. The van der Waals surface area contributed by atoms with Crippen molar-refractivity contribution in [3.8, 4) is 22.6 Å². The number of amides is 3. The smallest absolute Gasteiger partial charge is 0.299 e. The number of oxazole rings is 1. The summed E-state index contributed by atoms with van der Waals surface area (Å²) in [6.07, 6.45) is 3.18. The largest absolute Gasteiger partial charge is 0.445 e. The number of thiophene rings is 1. The topological polar surface area (TPSA) is 123 Å². The highest BCUT2D eigenvalue weighted by atomic mass is 32.1. The number of aromatic nitrogens is 1. The zero-order valence-corrected chi connectivity index (χ0v) is 24.9. The average Bonchev–Trinajstić information content (AvgIpc) is 3.88. The van der Waals surface area contributed by atoms with Gasteiger partial charge in [-0.2, -0.15) is 8.78 Å². The maximum atomic E-state index is 14.9. The lowest BCUT2D eigenvalue weighted by molar-refractivity contribution is -0.152. The third-order valence-electron chi connectivity index (χ3n) is 8.39. The van der Waals surface area contributed by atoms with Crippen molar-refractivity contribution < 1.29 is 37.1 Å². The average molecular weight is 635 g/mol. The summed E-state index contributed by atoms with van der Waals surface area (Å²) in [5, 5.41) is 7.46. The lowest BCUT2D eigenvalue weighted by Crippen LogP contribution is -2.49. The number of rotatable bonds is 7. The summed E-state index contributed by atoms with van der Waals surface area (Å²) in [6, 6.07) is 10.8. The first-order valence-corrected chi connectivity index (χ1v) is 15.3. The van der Waals surface area contributed by atoms with Gasteiger partial charge >= 0.3 is 0 Å². The Morgan fingerprint density at radius 1 is 1.09 bits per heavy atom. The Kier molecular flexibility index (Phi) is 7.26. The van der Waals surface area contributed by atoms with Gasteiger partial charge in [0.2, 0.25) is 17.7 Å². The van der Waals surface area contributed by atoms with Gasteiger partial charge < -0.3 is 29.4 Å². The van der Waals surface area contributed by atoms with E-state index < -0.39 is 36.1 Å². The molecular weight excluding hydrogens is 606 g/mol. The summed E-state index contributed by atoms with van der Waals surface area (Å²) < 4.78 is 46.9. The summed E-state index contributed by atoms with van der Waals surface area (Å²) in [5.74, 6) is -5.29. The van der Waals surface area contributed by atoms with E-state index >= 15 is 0 Å². The van der Waals surface area contributed by atoms with Crippen molar-refractivity contribution >= 4 is 29.1 Å². The molecule has 2 aromatic carbocycles. The zero-order chi connectivity index (χ0) is 31.3. The molecule has 3 amide bonds. The highest BCUT2D eigenvalue weighted by Gasteiger charge is 2.52. The molecule has 1 spiro atoms. The number of hydrogen-bond acceptors (Lipinski definition) is 8. The Morgan fingerprint density at radius 3 is 2.64 bits per heavy atom. The van der Waals surface area contributed by atoms with E-state index in [0.29, 0.717) is 24.7 Å². The highest BCUT2D eigenvalue weighted by Crippen LogP contribution is 2.51. The van der Waals surface area contributed by atoms with Crippen molar-refractivity contribution in [1.29, 1.82) is 0 Å². The summed E-state index contributed by atoms with van der Waals surface area (Å²) in [7, 11) is 0. The van der Waals surface area contributed by atoms with Gasteiger partial charge in [0.1, 0.15) is 12.3 Å². The Balaban J connectivity index is 1.04. The second-order valence-corrected chi connectivity index (χ2v) is 12.2. The first-order chi connectivity index (χ1) is 21.6. The van der Waals surface area contributed by atoms with Crippen LogP contribution < -0.4 is 10.6 Å². The molecule has 0 saturated carbocycles. The lowest BCUT2D eigenvalue weighted by Gasteiger charge is -2.25. The molecule has 2 aliphatic heterocycles. The SMILES string of the molecule is C[C@@H](NC(=O)C1CC2(CN1C(=O)CNC(=O)c1ccc3c(c1)-c1ccccc1C3(F)F)OCCO2)c1cc(-c2ncco2)cs1. The Morgan fingerprint density at radius 2 is 1.87 bits per heavy atom. The summed E-state index contributed by atoms with van der Waals surface area (Å²) in [4.78, 5) is 46.5. The number of halogens is 2. The van der Waals surface area contributed by atoms with Gasteiger partial charge in [0.25, 0.3) is 11.8 Å².